The molecule has 0 atom stereocenters. The van der Waals surface area contributed by atoms with Crippen LogP contribution in [-0.2, 0) is 9.59 Å². The Morgan fingerprint density at radius 2 is 2.05 bits per heavy atom. The van der Waals surface area contributed by atoms with Gasteiger partial charge in [0.05, 0.1) is 0 Å². The van der Waals surface area contributed by atoms with Gasteiger partial charge in [0, 0.05) is 39.0 Å². The molecule has 0 aromatic heterocycles. The molecule has 5 nitrogen and oxygen atoms in total. The molecule has 1 heterocycles. The van der Waals surface area contributed by atoms with Crippen LogP contribution < -0.4 is 10.6 Å². The molecule has 0 fully saturated rings. The first-order valence-corrected chi connectivity index (χ1v) is 7.10. The van der Waals surface area contributed by atoms with Crippen molar-refractivity contribution >= 4 is 11.8 Å². The van der Waals surface area contributed by atoms with Crippen LogP contribution in [0.1, 0.15) is 33.1 Å². The third-order valence-corrected chi connectivity index (χ3v) is 3.35. The van der Waals surface area contributed by atoms with Gasteiger partial charge in [0.25, 0.3) is 0 Å². The maximum absolute atomic E-state index is 11.7. The first-order chi connectivity index (χ1) is 9.17. The quantitative estimate of drug-likeness (QED) is 0.667. The second-order valence-corrected chi connectivity index (χ2v) is 4.66. The summed E-state index contributed by atoms with van der Waals surface area (Å²) in [6, 6.07) is 0. The van der Waals surface area contributed by atoms with E-state index in [9.17, 15) is 9.59 Å². The van der Waals surface area contributed by atoms with Gasteiger partial charge in [0.15, 0.2) is 0 Å². The molecule has 0 bridgehead atoms. The predicted molar refractivity (Wildman–Crippen MR) is 75.7 cm³/mol. The molecule has 0 spiro atoms. The molecular formula is C14H25N3O2. The van der Waals surface area contributed by atoms with Gasteiger partial charge in [0.1, 0.15) is 0 Å². The Morgan fingerprint density at radius 1 is 1.32 bits per heavy atom. The molecule has 108 valence electrons. The molecule has 2 amide bonds. The Bertz CT molecular complexity index is 336. The van der Waals surface area contributed by atoms with Gasteiger partial charge in [0.2, 0.25) is 11.8 Å². The summed E-state index contributed by atoms with van der Waals surface area (Å²) in [5, 5.41) is 6.11. The number of nitrogens with one attached hydrogen (secondary N) is 2. The lowest BCUT2D eigenvalue weighted by Gasteiger charge is -2.18. The smallest absolute Gasteiger partial charge is 0.223 e. The minimum Gasteiger partial charge on any atom is -0.352 e. The number of rotatable bonds is 7. The molecule has 1 aliphatic heterocycles. The van der Waals surface area contributed by atoms with Gasteiger partial charge in [-0.05, 0) is 26.8 Å². The SMILES string of the molecule is CCN(CC)C(=O)CCC(=O)NCC1=CCNCC1. The third-order valence-electron chi connectivity index (χ3n) is 3.35. The van der Waals surface area contributed by atoms with Gasteiger partial charge in [-0.2, -0.15) is 0 Å². The first kappa shape index (κ1) is 15.7. The third kappa shape index (κ3) is 5.87. The summed E-state index contributed by atoms with van der Waals surface area (Å²) in [5.74, 6) is 0.0150. The van der Waals surface area contributed by atoms with Gasteiger partial charge >= 0.3 is 0 Å². The van der Waals surface area contributed by atoms with E-state index in [1.807, 2.05) is 13.8 Å². The Balaban J connectivity index is 2.20. The van der Waals surface area contributed by atoms with Crippen LogP contribution in [0.3, 0.4) is 0 Å². The molecule has 2 N–H and O–H groups in total. The summed E-state index contributed by atoms with van der Waals surface area (Å²) in [6.07, 6.45) is 3.68. The van der Waals surface area contributed by atoms with Gasteiger partial charge in [-0.3, -0.25) is 9.59 Å². The highest BCUT2D eigenvalue weighted by atomic mass is 16.2. The van der Waals surface area contributed by atoms with Crippen LogP contribution in [0.25, 0.3) is 0 Å². The summed E-state index contributed by atoms with van der Waals surface area (Å²) in [6.45, 7) is 7.78. The van der Waals surface area contributed by atoms with Crippen LogP contribution in [0, 0.1) is 0 Å². The highest BCUT2D eigenvalue weighted by Gasteiger charge is 2.12. The number of carbonyl (C=O) groups is 2. The van der Waals surface area contributed by atoms with Gasteiger partial charge < -0.3 is 15.5 Å². The van der Waals surface area contributed by atoms with Crippen LogP contribution in [0.4, 0.5) is 0 Å². The van der Waals surface area contributed by atoms with E-state index in [2.05, 4.69) is 16.7 Å². The predicted octanol–water partition coefficient (Wildman–Crippen LogP) is 0.671. The van der Waals surface area contributed by atoms with E-state index in [4.69, 9.17) is 0 Å². The summed E-state index contributed by atoms with van der Waals surface area (Å²) < 4.78 is 0. The monoisotopic (exact) mass is 267 g/mol. The minimum absolute atomic E-state index is 0.0417. The van der Waals surface area contributed by atoms with Crippen LogP contribution in [-0.4, -0.2) is 49.4 Å². The zero-order valence-electron chi connectivity index (χ0n) is 12.0. The number of carbonyl (C=O) groups excluding carboxylic acids is 2. The summed E-state index contributed by atoms with van der Waals surface area (Å²) in [4.78, 5) is 25.2. The van der Waals surface area contributed by atoms with Crippen LogP contribution in [0.5, 0.6) is 0 Å². The molecule has 0 saturated heterocycles. The van der Waals surface area contributed by atoms with Crippen molar-refractivity contribution in [2.24, 2.45) is 0 Å². The molecular weight excluding hydrogens is 242 g/mol. The Hall–Kier alpha value is -1.36. The van der Waals surface area contributed by atoms with E-state index in [1.165, 1.54) is 5.57 Å². The van der Waals surface area contributed by atoms with E-state index >= 15 is 0 Å². The zero-order valence-corrected chi connectivity index (χ0v) is 12.0. The van der Waals surface area contributed by atoms with Crippen molar-refractivity contribution in [3.05, 3.63) is 11.6 Å². The van der Waals surface area contributed by atoms with Crippen LogP contribution in [0.2, 0.25) is 0 Å². The highest BCUT2D eigenvalue weighted by molar-refractivity contribution is 5.83. The van der Waals surface area contributed by atoms with E-state index in [0.29, 0.717) is 26.1 Å². The topological polar surface area (TPSA) is 61.4 Å². The molecule has 1 aliphatic rings. The molecule has 0 aromatic carbocycles. The molecule has 1 rings (SSSR count). The largest absolute Gasteiger partial charge is 0.352 e. The number of amides is 2. The minimum atomic E-state index is -0.0417. The molecule has 5 heteroatoms. The van der Waals surface area contributed by atoms with Gasteiger partial charge in [-0.1, -0.05) is 11.6 Å². The van der Waals surface area contributed by atoms with E-state index in [-0.39, 0.29) is 18.2 Å². The van der Waals surface area contributed by atoms with Gasteiger partial charge in [-0.25, -0.2) is 0 Å². The van der Waals surface area contributed by atoms with Crippen molar-refractivity contribution in [3.8, 4) is 0 Å². The van der Waals surface area contributed by atoms with Crippen molar-refractivity contribution in [1.29, 1.82) is 0 Å². The molecule has 19 heavy (non-hydrogen) atoms. The average Bonchev–Trinajstić information content (AvgIpc) is 2.45. The van der Waals surface area contributed by atoms with Crippen molar-refractivity contribution < 1.29 is 9.59 Å². The van der Waals surface area contributed by atoms with Crippen LogP contribution in [0.15, 0.2) is 11.6 Å². The fourth-order valence-electron chi connectivity index (χ4n) is 2.09. The van der Waals surface area contributed by atoms with Crippen LogP contribution >= 0.6 is 0 Å². The number of hydrogen-bond acceptors (Lipinski definition) is 3. The summed E-state index contributed by atoms with van der Waals surface area (Å²) >= 11 is 0. The molecule has 0 unspecified atom stereocenters. The summed E-state index contributed by atoms with van der Waals surface area (Å²) in [5.41, 5.74) is 1.27. The fourth-order valence-corrected chi connectivity index (χ4v) is 2.09. The van der Waals surface area contributed by atoms with E-state index in [0.717, 1.165) is 19.5 Å². The summed E-state index contributed by atoms with van der Waals surface area (Å²) in [7, 11) is 0. The maximum Gasteiger partial charge on any atom is 0.223 e. The first-order valence-electron chi connectivity index (χ1n) is 7.10. The lowest BCUT2D eigenvalue weighted by molar-refractivity contribution is -0.133. The van der Waals surface area contributed by atoms with Crippen molar-refractivity contribution in [1.82, 2.24) is 15.5 Å². The lowest BCUT2D eigenvalue weighted by Crippen LogP contribution is -2.33. The van der Waals surface area contributed by atoms with E-state index in [1.54, 1.807) is 4.90 Å². The Labute approximate surface area is 115 Å². The van der Waals surface area contributed by atoms with E-state index < -0.39 is 0 Å². The highest BCUT2D eigenvalue weighted by Crippen LogP contribution is 2.03. The standard InChI is InChI=1S/C14H25N3O2/c1-3-17(4-2)14(19)6-5-13(18)16-11-12-7-9-15-10-8-12/h7,15H,3-6,8-11H2,1-2H3,(H,16,18). The average molecular weight is 267 g/mol. The van der Waals surface area contributed by atoms with Crippen molar-refractivity contribution in [3.63, 3.8) is 0 Å². The molecule has 0 radical (unpaired) electrons. The molecule has 0 aromatic rings. The number of hydrogen-bond donors (Lipinski definition) is 2. The van der Waals surface area contributed by atoms with Crippen molar-refractivity contribution in [2.45, 2.75) is 33.1 Å². The second kappa shape index (κ2) is 8.69. The maximum atomic E-state index is 11.7. The fraction of sp³-hybridized carbons (Fsp3) is 0.714. The normalized spacial score (nSPS) is 14.7. The Kier molecular flexibility index (Phi) is 7.18. The van der Waals surface area contributed by atoms with Gasteiger partial charge in [-0.15, -0.1) is 0 Å². The lowest BCUT2D eigenvalue weighted by atomic mass is 10.1. The zero-order chi connectivity index (χ0) is 14.1. The Morgan fingerprint density at radius 3 is 2.63 bits per heavy atom. The number of nitrogens with zero attached hydrogens (tertiary/aromatic N) is 1. The van der Waals surface area contributed by atoms with Crippen molar-refractivity contribution in [2.75, 3.05) is 32.7 Å². The molecule has 0 aliphatic carbocycles. The second-order valence-electron chi connectivity index (χ2n) is 4.66. The molecule has 0 saturated carbocycles.